The molecule has 1 fully saturated rings. The summed E-state index contributed by atoms with van der Waals surface area (Å²) in [6.07, 6.45) is 2.55. The van der Waals surface area contributed by atoms with Crippen molar-refractivity contribution in [2.45, 2.75) is 38.8 Å². The molecule has 1 saturated heterocycles. The van der Waals surface area contributed by atoms with Crippen molar-refractivity contribution in [2.75, 3.05) is 20.1 Å². The van der Waals surface area contributed by atoms with Gasteiger partial charge in [0.05, 0.1) is 6.54 Å². The number of aromatic nitrogens is 2. The summed E-state index contributed by atoms with van der Waals surface area (Å²) in [5, 5.41) is 6.74. The molecule has 8 heteroatoms. The topological polar surface area (TPSA) is 91.6 Å². The molecule has 0 radical (unpaired) electrons. The zero-order valence-electron chi connectivity index (χ0n) is 15.7. The molecule has 27 heavy (non-hydrogen) atoms. The number of rotatable bonds is 6. The zero-order chi connectivity index (χ0) is 19.2. The van der Waals surface area contributed by atoms with Gasteiger partial charge in [0.2, 0.25) is 17.6 Å². The fourth-order valence-electron chi connectivity index (χ4n) is 3.12. The van der Waals surface area contributed by atoms with E-state index in [1.807, 2.05) is 30.3 Å². The summed E-state index contributed by atoms with van der Waals surface area (Å²) in [6.45, 7) is 3.25. The fraction of sp³-hybridized carbons (Fsp3) is 0.474. The third kappa shape index (κ3) is 4.45. The Morgan fingerprint density at radius 3 is 2.81 bits per heavy atom. The van der Waals surface area contributed by atoms with Crippen LogP contribution in [0.3, 0.4) is 0 Å². The van der Waals surface area contributed by atoms with Crippen LogP contribution in [0, 0.1) is 0 Å². The Labute approximate surface area is 158 Å². The number of benzene rings is 1. The van der Waals surface area contributed by atoms with Crippen LogP contribution in [-0.2, 0) is 11.3 Å². The predicted octanol–water partition coefficient (Wildman–Crippen LogP) is 2.28. The van der Waals surface area contributed by atoms with Crippen molar-refractivity contribution in [3.8, 4) is 11.4 Å². The third-order valence-electron chi connectivity index (χ3n) is 4.70. The molecular weight excluding hydrogens is 346 g/mol. The Hall–Kier alpha value is -2.90. The van der Waals surface area contributed by atoms with Gasteiger partial charge in [0.25, 0.3) is 0 Å². The van der Waals surface area contributed by atoms with Crippen LogP contribution in [0.4, 0.5) is 4.79 Å². The van der Waals surface area contributed by atoms with Gasteiger partial charge in [-0.1, -0.05) is 55.3 Å². The maximum atomic E-state index is 12.6. The van der Waals surface area contributed by atoms with Gasteiger partial charge in [0.15, 0.2) is 0 Å². The molecule has 1 aromatic carbocycles. The zero-order valence-corrected chi connectivity index (χ0v) is 15.7. The lowest BCUT2D eigenvalue weighted by atomic mass is 10.0. The quantitative estimate of drug-likeness (QED) is 0.841. The van der Waals surface area contributed by atoms with E-state index in [0.29, 0.717) is 31.2 Å². The van der Waals surface area contributed by atoms with E-state index in [1.54, 1.807) is 16.8 Å². The van der Waals surface area contributed by atoms with Crippen molar-refractivity contribution in [3.05, 3.63) is 36.2 Å². The molecule has 3 amide bonds. The Balaban J connectivity index is 1.61. The van der Waals surface area contributed by atoms with Gasteiger partial charge in [-0.2, -0.15) is 4.98 Å². The van der Waals surface area contributed by atoms with Crippen molar-refractivity contribution in [2.24, 2.45) is 0 Å². The van der Waals surface area contributed by atoms with Crippen LogP contribution >= 0.6 is 0 Å². The molecule has 0 unspecified atom stereocenters. The summed E-state index contributed by atoms with van der Waals surface area (Å²) in [4.78, 5) is 32.7. The van der Waals surface area contributed by atoms with Crippen LogP contribution in [0.15, 0.2) is 34.9 Å². The second kappa shape index (κ2) is 8.66. The second-order valence-electron chi connectivity index (χ2n) is 6.65. The summed E-state index contributed by atoms with van der Waals surface area (Å²) in [5.41, 5.74) is 0.850. The molecule has 8 nitrogen and oxygen atoms in total. The first kappa shape index (κ1) is 18.9. The number of unbranched alkanes of at least 4 members (excludes halogenated alkanes) is 1. The van der Waals surface area contributed by atoms with Gasteiger partial charge >= 0.3 is 6.03 Å². The molecule has 3 rings (SSSR count). The summed E-state index contributed by atoms with van der Waals surface area (Å²) >= 11 is 0. The van der Waals surface area contributed by atoms with Crippen LogP contribution in [0.5, 0.6) is 0 Å². The monoisotopic (exact) mass is 371 g/mol. The van der Waals surface area contributed by atoms with E-state index in [9.17, 15) is 9.59 Å². The average Bonchev–Trinajstić information content (AvgIpc) is 3.17. The van der Waals surface area contributed by atoms with E-state index in [-0.39, 0.29) is 18.5 Å². The van der Waals surface area contributed by atoms with E-state index in [4.69, 9.17) is 4.52 Å². The number of nitrogens with one attached hydrogen (secondary N) is 1. The minimum atomic E-state index is -0.411. The highest BCUT2D eigenvalue weighted by Crippen LogP contribution is 2.17. The number of carbonyl (C=O) groups is 2. The minimum absolute atomic E-state index is 0.00555. The van der Waals surface area contributed by atoms with Crippen LogP contribution < -0.4 is 5.32 Å². The predicted molar refractivity (Wildman–Crippen MR) is 99.6 cm³/mol. The maximum absolute atomic E-state index is 12.6. The maximum Gasteiger partial charge on any atom is 0.318 e. The highest BCUT2D eigenvalue weighted by molar-refractivity contribution is 5.88. The van der Waals surface area contributed by atoms with Crippen molar-refractivity contribution >= 4 is 11.9 Å². The molecule has 1 atom stereocenters. The Morgan fingerprint density at radius 2 is 2.07 bits per heavy atom. The van der Waals surface area contributed by atoms with Crippen LogP contribution in [0.25, 0.3) is 11.4 Å². The van der Waals surface area contributed by atoms with Gasteiger partial charge in [-0.25, -0.2) is 4.79 Å². The number of carbonyl (C=O) groups excluding carboxylic acids is 2. The normalized spacial score (nSPS) is 17.3. The van der Waals surface area contributed by atoms with Crippen molar-refractivity contribution in [3.63, 3.8) is 0 Å². The first-order chi connectivity index (χ1) is 13.1. The van der Waals surface area contributed by atoms with Crippen LogP contribution in [0.1, 0.15) is 32.1 Å². The molecule has 2 aromatic rings. The molecule has 1 aliphatic rings. The number of amides is 3. The Kier molecular flexibility index (Phi) is 6.05. The van der Waals surface area contributed by atoms with E-state index in [0.717, 1.165) is 18.4 Å². The molecule has 2 heterocycles. The summed E-state index contributed by atoms with van der Waals surface area (Å²) in [6, 6.07) is 8.80. The van der Waals surface area contributed by atoms with E-state index in [2.05, 4.69) is 22.4 Å². The summed E-state index contributed by atoms with van der Waals surface area (Å²) in [5.74, 6) is 0.803. The Morgan fingerprint density at radius 1 is 1.30 bits per heavy atom. The number of hydrogen-bond donors (Lipinski definition) is 1. The minimum Gasteiger partial charge on any atom is -0.342 e. The highest BCUT2D eigenvalue weighted by atomic mass is 16.5. The lowest BCUT2D eigenvalue weighted by Crippen LogP contribution is -2.59. The van der Waals surface area contributed by atoms with Gasteiger partial charge in [0.1, 0.15) is 6.04 Å². The molecular formula is C19H25N5O3. The molecule has 1 N–H and O–H groups in total. The lowest BCUT2D eigenvalue weighted by Gasteiger charge is -2.39. The van der Waals surface area contributed by atoms with E-state index < -0.39 is 6.04 Å². The van der Waals surface area contributed by atoms with E-state index in [1.165, 1.54) is 0 Å². The summed E-state index contributed by atoms with van der Waals surface area (Å²) < 4.78 is 5.22. The highest BCUT2D eigenvalue weighted by Gasteiger charge is 2.35. The third-order valence-corrected chi connectivity index (χ3v) is 4.70. The molecule has 0 spiro atoms. The number of urea groups is 1. The molecule has 0 saturated carbocycles. The molecule has 0 bridgehead atoms. The van der Waals surface area contributed by atoms with Gasteiger partial charge in [-0.05, 0) is 6.42 Å². The van der Waals surface area contributed by atoms with E-state index >= 15 is 0 Å². The Bertz CT molecular complexity index is 777. The van der Waals surface area contributed by atoms with Crippen molar-refractivity contribution in [1.82, 2.24) is 25.3 Å². The van der Waals surface area contributed by atoms with Crippen LogP contribution in [0.2, 0.25) is 0 Å². The van der Waals surface area contributed by atoms with Crippen LogP contribution in [-0.4, -0.2) is 58.1 Å². The largest absolute Gasteiger partial charge is 0.342 e. The number of piperazine rings is 1. The van der Waals surface area contributed by atoms with Gasteiger partial charge in [-0.3, -0.25) is 4.79 Å². The lowest BCUT2D eigenvalue weighted by molar-refractivity contribution is -0.138. The van der Waals surface area contributed by atoms with Crippen molar-refractivity contribution in [1.29, 1.82) is 0 Å². The number of likely N-dealkylation sites (N-methyl/N-ethyl adjacent to an activating group) is 1. The number of hydrogen-bond acceptors (Lipinski definition) is 5. The summed E-state index contributed by atoms with van der Waals surface area (Å²) in [7, 11) is 1.78. The molecule has 1 aromatic heterocycles. The first-order valence-corrected chi connectivity index (χ1v) is 9.27. The fourth-order valence-corrected chi connectivity index (χ4v) is 3.12. The SMILES string of the molecule is CCCC[C@@H]1C(=O)N(C)CCN1C(=O)NCc1nc(-c2ccccc2)no1. The molecule has 0 aliphatic carbocycles. The first-order valence-electron chi connectivity index (χ1n) is 9.27. The van der Waals surface area contributed by atoms with Gasteiger partial charge < -0.3 is 19.6 Å². The van der Waals surface area contributed by atoms with Gasteiger partial charge in [0, 0.05) is 25.7 Å². The molecule has 1 aliphatic heterocycles. The standard InChI is InChI=1S/C19H25N5O3/c1-3-4-10-15-18(25)23(2)11-12-24(15)19(26)20-13-16-21-17(22-27-16)14-8-6-5-7-9-14/h5-9,15H,3-4,10-13H2,1-2H3,(H,20,26)/t15-/m1/s1. The second-order valence-corrected chi connectivity index (χ2v) is 6.65. The number of nitrogens with zero attached hydrogens (tertiary/aromatic N) is 4. The molecule has 144 valence electrons. The average molecular weight is 371 g/mol. The van der Waals surface area contributed by atoms with Crippen molar-refractivity contribution < 1.29 is 14.1 Å². The van der Waals surface area contributed by atoms with Gasteiger partial charge in [-0.15, -0.1) is 0 Å². The smallest absolute Gasteiger partial charge is 0.318 e.